The SMILES string of the molecule is CCOC(=O)c1ccc(NC(=O)c2cccc(N(C)S(=O)(=O)c3ccccc3)c2)cc1. The standard InChI is InChI=1S/C23H22N2O5S/c1-3-30-23(27)17-12-14-19(15-13-17)24-22(26)18-8-7-9-20(16-18)25(2)31(28,29)21-10-5-4-6-11-21/h4-16H,3H2,1-2H3,(H,24,26). The summed E-state index contributed by atoms with van der Waals surface area (Å²) in [6, 6.07) is 20.7. The molecule has 0 aliphatic rings. The van der Waals surface area contributed by atoms with E-state index in [1.807, 2.05) is 0 Å². The Kier molecular flexibility index (Phi) is 6.71. The van der Waals surface area contributed by atoms with Gasteiger partial charge in [-0.25, -0.2) is 13.2 Å². The van der Waals surface area contributed by atoms with E-state index in [-0.39, 0.29) is 11.5 Å². The summed E-state index contributed by atoms with van der Waals surface area (Å²) < 4.78 is 31.7. The summed E-state index contributed by atoms with van der Waals surface area (Å²) in [5.74, 6) is -0.841. The van der Waals surface area contributed by atoms with Gasteiger partial charge in [-0.15, -0.1) is 0 Å². The zero-order valence-electron chi connectivity index (χ0n) is 17.1. The van der Waals surface area contributed by atoms with Crippen molar-refractivity contribution in [2.24, 2.45) is 0 Å². The van der Waals surface area contributed by atoms with Crippen molar-refractivity contribution in [1.29, 1.82) is 0 Å². The molecule has 0 heterocycles. The molecule has 7 nitrogen and oxygen atoms in total. The van der Waals surface area contributed by atoms with E-state index < -0.39 is 21.9 Å². The number of carbonyl (C=O) groups is 2. The van der Waals surface area contributed by atoms with Gasteiger partial charge in [0.15, 0.2) is 0 Å². The number of nitrogens with one attached hydrogen (secondary N) is 1. The summed E-state index contributed by atoms with van der Waals surface area (Å²) in [5.41, 5.74) is 1.53. The summed E-state index contributed by atoms with van der Waals surface area (Å²) >= 11 is 0. The van der Waals surface area contributed by atoms with Crippen LogP contribution in [0.1, 0.15) is 27.6 Å². The van der Waals surface area contributed by atoms with Crippen LogP contribution in [0.2, 0.25) is 0 Å². The Hall–Kier alpha value is -3.65. The molecule has 0 aliphatic carbocycles. The van der Waals surface area contributed by atoms with Crippen LogP contribution < -0.4 is 9.62 Å². The van der Waals surface area contributed by atoms with Gasteiger partial charge in [-0.2, -0.15) is 0 Å². The first-order valence-corrected chi connectivity index (χ1v) is 11.0. The lowest BCUT2D eigenvalue weighted by Crippen LogP contribution is -2.26. The highest BCUT2D eigenvalue weighted by Gasteiger charge is 2.21. The first-order chi connectivity index (χ1) is 14.8. The molecule has 0 spiro atoms. The van der Waals surface area contributed by atoms with Crippen LogP contribution in [0.5, 0.6) is 0 Å². The molecule has 1 amide bonds. The van der Waals surface area contributed by atoms with Crippen LogP contribution in [0, 0.1) is 0 Å². The van der Waals surface area contributed by atoms with E-state index in [2.05, 4.69) is 5.32 Å². The Labute approximate surface area is 181 Å². The van der Waals surface area contributed by atoms with Crippen LogP contribution in [-0.2, 0) is 14.8 Å². The molecule has 31 heavy (non-hydrogen) atoms. The van der Waals surface area contributed by atoms with E-state index in [1.54, 1.807) is 67.6 Å². The number of ether oxygens (including phenoxy) is 1. The molecule has 1 N–H and O–H groups in total. The van der Waals surface area contributed by atoms with Crippen molar-refractivity contribution in [1.82, 2.24) is 0 Å². The molecule has 0 bridgehead atoms. The molecule has 8 heteroatoms. The van der Waals surface area contributed by atoms with Gasteiger partial charge in [0.1, 0.15) is 0 Å². The smallest absolute Gasteiger partial charge is 0.338 e. The molecule has 0 fully saturated rings. The maximum Gasteiger partial charge on any atom is 0.338 e. The fourth-order valence-corrected chi connectivity index (χ4v) is 4.05. The van der Waals surface area contributed by atoms with E-state index in [0.29, 0.717) is 22.5 Å². The summed E-state index contributed by atoms with van der Waals surface area (Å²) in [4.78, 5) is 24.5. The predicted octanol–water partition coefficient (Wildman–Crippen LogP) is 3.94. The van der Waals surface area contributed by atoms with Gasteiger partial charge in [0.05, 0.1) is 22.8 Å². The lowest BCUT2D eigenvalue weighted by Gasteiger charge is -2.20. The van der Waals surface area contributed by atoms with Crippen LogP contribution in [0.15, 0.2) is 83.8 Å². The van der Waals surface area contributed by atoms with Crippen molar-refractivity contribution >= 4 is 33.3 Å². The number of hydrogen-bond donors (Lipinski definition) is 1. The zero-order chi connectivity index (χ0) is 22.4. The lowest BCUT2D eigenvalue weighted by molar-refractivity contribution is 0.0526. The largest absolute Gasteiger partial charge is 0.462 e. The van der Waals surface area contributed by atoms with Crippen molar-refractivity contribution in [3.05, 3.63) is 90.0 Å². The average Bonchev–Trinajstić information content (AvgIpc) is 2.80. The maximum absolute atomic E-state index is 12.8. The van der Waals surface area contributed by atoms with Gasteiger partial charge < -0.3 is 10.1 Å². The first-order valence-electron chi connectivity index (χ1n) is 9.55. The normalized spacial score (nSPS) is 10.9. The van der Waals surface area contributed by atoms with Crippen LogP contribution >= 0.6 is 0 Å². The number of benzene rings is 3. The first kappa shape index (κ1) is 22.0. The fraction of sp³-hybridized carbons (Fsp3) is 0.130. The van der Waals surface area contributed by atoms with Gasteiger partial charge in [0, 0.05) is 18.3 Å². The Morgan fingerprint density at radius 2 is 1.58 bits per heavy atom. The number of amides is 1. The van der Waals surface area contributed by atoms with E-state index >= 15 is 0 Å². The van der Waals surface area contributed by atoms with Gasteiger partial charge in [-0.1, -0.05) is 24.3 Å². The molecule has 3 rings (SSSR count). The molecule has 0 saturated carbocycles. The van der Waals surface area contributed by atoms with Crippen LogP contribution in [0.25, 0.3) is 0 Å². The molecule has 160 valence electrons. The van der Waals surface area contributed by atoms with Gasteiger partial charge in [-0.05, 0) is 61.5 Å². The summed E-state index contributed by atoms with van der Waals surface area (Å²) in [6.45, 7) is 2.01. The second-order valence-electron chi connectivity index (χ2n) is 6.59. The molecular weight excluding hydrogens is 416 g/mol. The fourth-order valence-electron chi connectivity index (χ4n) is 2.84. The van der Waals surface area contributed by atoms with E-state index in [1.165, 1.54) is 25.2 Å². The van der Waals surface area contributed by atoms with Crippen molar-refractivity contribution in [2.45, 2.75) is 11.8 Å². The molecule has 0 aromatic heterocycles. The monoisotopic (exact) mass is 438 g/mol. The number of rotatable bonds is 7. The molecule has 0 radical (unpaired) electrons. The van der Waals surface area contributed by atoms with Crippen molar-refractivity contribution in [2.75, 3.05) is 23.3 Å². The highest BCUT2D eigenvalue weighted by molar-refractivity contribution is 7.92. The molecule has 3 aromatic carbocycles. The zero-order valence-corrected chi connectivity index (χ0v) is 17.9. The van der Waals surface area contributed by atoms with Crippen molar-refractivity contribution < 1.29 is 22.7 Å². The minimum Gasteiger partial charge on any atom is -0.462 e. The Morgan fingerprint density at radius 1 is 0.903 bits per heavy atom. The van der Waals surface area contributed by atoms with Crippen LogP contribution in [-0.4, -0.2) is 33.9 Å². The third kappa shape index (κ3) is 5.10. The third-order valence-corrected chi connectivity index (χ3v) is 6.33. The molecule has 0 unspecified atom stereocenters. The van der Waals surface area contributed by atoms with Crippen LogP contribution in [0.3, 0.4) is 0 Å². The highest BCUT2D eigenvalue weighted by Crippen LogP contribution is 2.23. The maximum atomic E-state index is 12.8. The number of sulfonamides is 1. The Balaban J connectivity index is 1.77. The Bertz CT molecular complexity index is 1180. The summed E-state index contributed by atoms with van der Waals surface area (Å²) in [7, 11) is -2.32. The number of anilines is 2. The van der Waals surface area contributed by atoms with Gasteiger partial charge in [0.25, 0.3) is 15.9 Å². The predicted molar refractivity (Wildman–Crippen MR) is 119 cm³/mol. The van der Waals surface area contributed by atoms with E-state index in [9.17, 15) is 18.0 Å². The minimum absolute atomic E-state index is 0.161. The van der Waals surface area contributed by atoms with E-state index in [0.717, 1.165) is 4.31 Å². The van der Waals surface area contributed by atoms with Gasteiger partial charge in [-0.3, -0.25) is 9.10 Å². The van der Waals surface area contributed by atoms with Gasteiger partial charge >= 0.3 is 5.97 Å². The second kappa shape index (κ2) is 9.44. The quantitative estimate of drug-likeness (QED) is 0.564. The number of carbonyl (C=O) groups excluding carboxylic acids is 2. The summed E-state index contributed by atoms with van der Waals surface area (Å²) in [5, 5.41) is 2.73. The minimum atomic E-state index is -3.75. The topological polar surface area (TPSA) is 92.8 Å². The number of esters is 1. The van der Waals surface area contributed by atoms with Crippen LogP contribution in [0.4, 0.5) is 11.4 Å². The number of nitrogens with zero attached hydrogens (tertiary/aromatic N) is 1. The van der Waals surface area contributed by atoms with E-state index in [4.69, 9.17) is 4.74 Å². The molecule has 0 atom stereocenters. The second-order valence-corrected chi connectivity index (χ2v) is 8.56. The molecule has 0 aliphatic heterocycles. The molecule has 3 aromatic rings. The molecule has 0 saturated heterocycles. The third-order valence-electron chi connectivity index (χ3n) is 4.53. The molecular formula is C23H22N2O5S. The van der Waals surface area contributed by atoms with Crippen molar-refractivity contribution in [3.8, 4) is 0 Å². The average molecular weight is 439 g/mol. The Morgan fingerprint density at radius 3 is 2.23 bits per heavy atom. The van der Waals surface area contributed by atoms with Crippen molar-refractivity contribution in [3.63, 3.8) is 0 Å². The summed E-state index contributed by atoms with van der Waals surface area (Å²) in [6.07, 6.45) is 0. The number of hydrogen-bond acceptors (Lipinski definition) is 5. The highest BCUT2D eigenvalue weighted by atomic mass is 32.2. The lowest BCUT2D eigenvalue weighted by atomic mass is 10.1. The van der Waals surface area contributed by atoms with Gasteiger partial charge in [0.2, 0.25) is 0 Å².